The third-order valence-electron chi connectivity index (χ3n) is 5.71. The molecule has 2 aliphatic carbocycles. The fourth-order valence-electron chi connectivity index (χ4n) is 4.34. The zero-order valence-electron chi connectivity index (χ0n) is 13.7. The van der Waals surface area contributed by atoms with E-state index < -0.39 is 0 Å². The fourth-order valence-corrected chi connectivity index (χ4v) is 4.34. The van der Waals surface area contributed by atoms with Gasteiger partial charge in [0.05, 0.1) is 0 Å². The van der Waals surface area contributed by atoms with E-state index in [9.17, 15) is 0 Å². The smallest absolute Gasteiger partial charge is 0.0490 e. The highest BCUT2D eigenvalue weighted by Crippen LogP contribution is 2.36. The molecule has 20 heavy (non-hydrogen) atoms. The molecule has 0 aliphatic heterocycles. The summed E-state index contributed by atoms with van der Waals surface area (Å²) in [6, 6.07) is 0. The number of ether oxygens (including phenoxy) is 1. The molecule has 0 aromatic heterocycles. The summed E-state index contributed by atoms with van der Waals surface area (Å²) in [5.74, 6) is 3.80. The van der Waals surface area contributed by atoms with Crippen molar-refractivity contribution in [2.24, 2.45) is 23.7 Å². The molecule has 0 amide bonds. The Bertz CT molecular complexity index is 267. The van der Waals surface area contributed by atoms with Crippen LogP contribution in [0.25, 0.3) is 0 Å². The highest BCUT2D eigenvalue weighted by Gasteiger charge is 2.23. The topological polar surface area (TPSA) is 9.23 Å². The van der Waals surface area contributed by atoms with Crippen LogP contribution in [0.5, 0.6) is 0 Å². The Morgan fingerprint density at radius 3 is 1.80 bits per heavy atom. The van der Waals surface area contributed by atoms with E-state index in [0.717, 1.165) is 30.3 Å². The van der Waals surface area contributed by atoms with E-state index in [2.05, 4.69) is 19.1 Å². The first-order chi connectivity index (χ1) is 9.81. The van der Waals surface area contributed by atoms with Gasteiger partial charge in [0.1, 0.15) is 0 Å². The molecular weight excluding hydrogens is 244 g/mol. The van der Waals surface area contributed by atoms with Gasteiger partial charge in [-0.05, 0) is 69.1 Å². The van der Waals surface area contributed by atoms with Gasteiger partial charge in [-0.25, -0.2) is 0 Å². The summed E-state index contributed by atoms with van der Waals surface area (Å²) in [5, 5.41) is 0. The van der Waals surface area contributed by atoms with Crippen molar-refractivity contribution >= 4 is 0 Å². The molecule has 0 N–H and O–H groups in total. The van der Waals surface area contributed by atoms with Crippen molar-refractivity contribution < 1.29 is 4.74 Å². The summed E-state index contributed by atoms with van der Waals surface area (Å²) in [6.07, 6.45) is 19.2. The molecule has 0 bridgehead atoms. The highest BCUT2D eigenvalue weighted by atomic mass is 16.5. The molecule has 0 atom stereocenters. The SMILES string of the molecule is CC=C[C@H]1CC[C@H](CC[C@H]2CC[C@H](COC)CC2)CC1. The number of methoxy groups -OCH3 is 1. The van der Waals surface area contributed by atoms with Crippen molar-refractivity contribution in [1.29, 1.82) is 0 Å². The van der Waals surface area contributed by atoms with Crippen LogP contribution in [-0.2, 0) is 4.74 Å². The van der Waals surface area contributed by atoms with E-state index in [1.165, 1.54) is 64.2 Å². The van der Waals surface area contributed by atoms with Crippen LogP contribution in [0.4, 0.5) is 0 Å². The summed E-state index contributed by atoms with van der Waals surface area (Å²) in [4.78, 5) is 0. The Morgan fingerprint density at radius 1 is 0.800 bits per heavy atom. The van der Waals surface area contributed by atoms with Crippen LogP contribution in [0.15, 0.2) is 12.2 Å². The molecule has 0 aromatic rings. The maximum atomic E-state index is 5.30. The molecule has 2 aliphatic rings. The van der Waals surface area contributed by atoms with E-state index >= 15 is 0 Å². The minimum atomic E-state index is 0.854. The lowest BCUT2D eigenvalue weighted by Crippen LogP contribution is -2.19. The third-order valence-corrected chi connectivity index (χ3v) is 5.71. The van der Waals surface area contributed by atoms with Gasteiger partial charge in [-0.1, -0.05) is 37.8 Å². The highest BCUT2D eigenvalue weighted by molar-refractivity contribution is 4.89. The summed E-state index contributed by atoms with van der Waals surface area (Å²) < 4.78 is 5.30. The molecule has 1 nitrogen and oxygen atoms in total. The molecule has 116 valence electrons. The average Bonchev–Trinajstić information content (AvgIpc) is 2.49. The minimum Gasteiger partial charge on any atom is -0.384 e. The molecule has 0 spiro atoms. The molecular formula is C19H34O. The Labute approximate surface area is 126 Å². The molecule has 0 saturated heterocycles. The van der Waals surface area contributed by atoms with Crippen LogP contribution in [0.1, 0.15) is 71.1 Å². The fraction of sp³-hybridized carbons (Fsp3) is 0.895. The summed E-state index contributed by atoms with van der Waals surface area (Å²) in [5.41, 5.74) is 0. The van der Waals surface area contributed by atoms with E-state index in [1.807, 2.05) is 7.11 Å². The molecule has 0 heterocycles. The van der Waals surface area contributed by atoms with Crippen molar-refractivity contribution in [1.82, 2.24) is 0 Å². The Balaban J connectivity index is 1.58. The molecule has 0 unspecified atom stereocenters. The van der Waals surface area contributed by atoms with Crippen LogP contribution in [0, 0.1) is 23.7 Å². The largest absolute Gasteiger partial charge is 0.384 e. The summed E-state index contributed by atoms with van der Waals surface area (Å²) in [7, 11) is 1.84. The van der Waals surface area contributed by atoms with E-state index in [-0.39, 0.29) is 0 Å². The zero-order chi connectivity index (χ0) is 14.2. The second-order valence-corrected chi connectivity index (χ2v) is 7.23. The van der Waals surface area contributed by atoms with Gasteiger partial charge >= 0.3 is 0 Å². The maximum absolute atomic E-state index is 5.30. The first-order valence-electron chi connectivity index (χ1n) is 8.93. The Hall–Kier alpha value is -0.300. The van der Waals surface area contributed by atoms with E-state index in [1.54, 1.807) is 0 Å². The standard InChI is InChI=1S/C19H34O/c1-3-4-16-5-7-17(8-6-16)9-10-18-11-13-19(14-12-18)15-20-2/h3-4,16-19H,5-15H2,1-2H3/t16-,17-,18-,19-. The van der Waals surface area contributed by atoms with Gasteiger partial charge in [-0.2, -0.15) is 0 Å². The third kappa shape index (κ3) is 5.24. The number of hydrogen-bond donors (Lipinski definition) is 0. The van der Waals surface area contributed by atoms with E-state index in [0.29, 0.717) is 0 Å². The summed E-state index contributed by atoms with van der Waals surface area (Å²) in [6.45, 7) is 3.15. The second-order valence-electron chi connectivity index (χ2n) is 7.23. The maximum Gasteiger partial charge on any atom is 0.0490 e. The van der Waals surface area contributed by atoms with Crippen molar-refractivity contribution in [3.63, 3.8) is 0 Å². The van der Waals surface area contributed by atoms with Crippen LogP contribution < -0.4 is 0 Å². The van der Waals surface area contributed by atoms with E-state index in [4.69, 9.17) is 4.74 Å². The quantitative estimate of drug-likeness (QED) is 0.574. The minimum absolute atomic E-state index is 0.854. The second kappa shape index (κ2) is 8.87. The predicted molar refractivity (Wildman–Crippen MR) is 86.8 cm³/mol. The molecule has 2 rings (SSSR count). The zero-order valence-corrected chi connectivity index (χ0v) is 13.7. The lowest BCUT2D eigenvalue weighted by molar-refractivity contribution is 0.115. The first kappa shape index (κ1) is 16.1. The Kier molecular flexibility index (Phi) is 7.13. The molecule has 2 fully saturated rings. The van der Waals surface area contributed by atoms with Gasteiger partial charge in [-0.3, -0.25) is 0 Å². The molecule has 0 aromatic carbocycles. The van der Waals surface area contributed by atoms with Crippen molar-refractivity contribution in [3.8, 4) is 0 Å². The van der Waals surface area contributed by atoms with Crippen molar-refractivity contribution in [2.45, 2.75) is 71.1 Å². The summed E-state index contributed by atoms with van der Waals surface area (Å²) >= 11 is 0. The molecule has 1 heteroatoms. The van der Waals surface area contributed by atoms with Gasteiger partial charge in [0, 0.05) is 13.7 Å². The normalized spacial score (nSPS) is 35.5. The lowest BCUT2D eigenvalue weighted by atomic mass is 9.75. The van der Waals surface area contributed by atoms with Crippen molar-refractivity contribution in [3.05, 3.63) is 12.2 Å². The van der Waals surface area contributed by atoms with Crippen LogP contribution >= 0.6 is 0 Å². The number of rotatable bonds is 6. The van der Waals surface area contributed by atoms with Crippen LogP contribution in [0.2, 0.25) is 0 Å². The van der Waals surface area contributed by atoms with Crippen molar-refractivity contribution in [2.75, 3.05) is 13.7 Å². The Morgan fingerprint density at radius 2 is 1.30 bits per heavy atom. The first-order valence-corrected chi connectivity index (χ1v) is 8.93. The van der Waals surface area contributed by atoms with Gasteiger partial charge in [0.25, 0.3) is 0 Å². The van der Waals surface area contributed by atoms with Gasteiger partial charge in [-0.15, -0.1) is 0 Å². The van der Waals surface area contributed by atoms with Gasteiger partial charge in [0.2, 0.25) is 0 Å². The van der Waals surface area contributed by atoms with Crippen LogP contribution in [0.3, 0.4) is 0 Å². The molecule has 0 radical (unpaired) electrons. The number of allylic oxidation sites excluding steroid dienone is 2. The van der Waals surface area contributed by atoms with Gasteiger partial charge in [0.15, 0.2) is 0 Å². The molecule has 2 saturated carbocycles. The lowest BCUT2D eigenvalue weighted by Gasteiger charge is -2.31. The van der Waals surface area contributed by atoms with Gasteiger partial charge < -0.3 is 4.74 Å². The monoisotopic (exact) mass is 278 g/mol. The average molecular weight is 278 g/mol. The predicted octanol–water partition coefficient (Wildman–Crippen LogP) is 5.60. The van der Waals surface area contributed by atoms with Crippen LogP contribution in [-0.4, -0.2) is 13.7 Å². The number of hydrogen-bond acceptors (Lipinski definition) is 1.